The van der Waals surface area contributed by atoms with Crippen LogP contribution in [-0.2, 0) is 9.59 Å². The van der Waals surface area contributed by atoms with Gasteiger partial charge >= 0.3 is 5.97 Å². The number of unbranched alkanes of at least 4 members (excludes halogenated alkanes) is 1. The molecule has 9 heteroatoms. The minimum Gasteiger partial charge on any atom is -0.493 e. The first-order valence-corrected chi connectivity index (χ1v) is 14.4. The van der Waals surface area contributed by atoms with Crippen molar-refractivity contribution in [2.75, 3.05) is 38.4 Å². The highest BCUT2D eigenvalue weighted by molar-refractivity contribution is 5.94. The van der Waals surface area contributed by atoms with E-state index in [2.05, 4.69) is 36.7 Å². The van der Waals surface area contributed by atoms with E-state index in [9.17, 15) is 14.7 Å². The van der Waals surface area contributed by atoms with Gasteiger partial charge in [-0.05, 0) is 61.9 Å². The van der Waals surface area contributed by atoms with E-state index in [0.717, 1.165) is 24.1 Å². The molecule has 1 fully saturated rings. The van der Waals surface area contributed by atoms with Gasteiger partial charge in [-0.2, -0.15) is 0 Å². The molecule has 0 spiro atoms. The average molecular weight is 566 g/mol. The Labute approximate surface area is 243 Å². The summed E-state index contributed by atoms with van der Waals surface area (Å²) in [6, 6.07) is 7.05. The molecule has 1 saturated heterocycles. The van der Waals surface area contributed by atoms with Crippen molar-refractivity contribution in [2.45, 2.75) is 65.8 Å². The van der Waals surface area contributed by atoms with E-state index in [-0.39, 0.29) is 36.6 Å². The molecule has 0 saturated carbocycles. The van der Waals surface area contributed by atoms with Gasteiger partial charge in [-0.1, -0.05) is 38.8 Å². The summed E-state index contributed by atoms with van der Waals surface area (Å²) in [5.41, 5.74) is 2.44. The Balaban J connectivity index is 1.72. The average Bonchev–Trinajstić information content (AvgIpc) is 3.53. The zero-order valence-corrected chi connectivity index (χ0v) is 25.1. The van der Waals surface area contributed by atoms with Crippen molar-refractivity contribution in [2.24, 2.45) is 11.3 Å². The van der Waals surface area contributed by atoms with Crippen LogP contribution in [0, 0.1) is 11.3 Å². The number of likely N-dealkylation sites (tertiary alicyclic amines) is 1. The minimum atomic E-state index is -0.880. The number of benzene rings is 1. The summed E-state index contributed by atoms with van der Waals surface area (Å²) in [6.07, 6.45) is 7.97. The number of ether oxygens (including phenoxy) is 3. The number of carboxylic acid groups (broad SMARTS) is 1. The molecule has 1 N–H and O–H groups in total. The fraction of sp³-hybridized carbons (Fsp3) is 0.531. The number of methoxy groups -OCH3 is 1. The number of carbonyl (C=O) groups excluding carboxylic acids is 1. The molecule has 3 heterocycles. The zero-order chi connectivity index (χ0) is 29.7. The predicted molar refractivity (Wildman–Crippen MR) is 158 cm³/mol. The second-order valence-corrected chi connectivity index (χ2v) is 11.9. The number of aliphatic carboxylic acids is 1. The summed E-state index contributed by atoms with van der Waals surface area (Å²) in [5.74, 6) is -0.477. The van der Waals surface area contributed by atoms with Gasteiger partial charge in [0.15, 0.2) is 11.5 Å². The van der Waals surface area contributed by atoms with Crippen LogP contribution in [0.5, 0.6) is 17.2 Å². The highest BCUT2D eigenvalue weighted by atomic mass is 16.7. The summed E-state index contributed by atoms with van der Waals surface area (Å²) in [4.78, 5) is 35.0. The number of anilines is 1. The normalized spacial score (nSPS) is 20.1. The molecule has 2 aliphatic rings. The maximum atomic E-state index is 13.9. The molecule has 3 unspecified atom stereocenters. The van der Waals surface area contributed by atoms with Gasteiger partial charge in [0.05, 0.1) is 31.5 Å². The van der Waals surface area contributed by atoms with E-state index in [4.69, 9.17) is 14.2 Å². The number of nitrogens with zero attached hydrogens (tertiary/aromatic N) is 3. The molecule has 1 aromatic carbocycles. The third kappa shape index (κ3) is 7.01. The van der Waals surface area contributed by atoms with Crippen LogP contribution in [0.15, 0.2) is 48.3 Å². The van der Waals surface area contributed by atoms with Crippen LogP contribution in [0.4, 0.5) is 5.69 Å². The number of hydrogen-bond acceptors (Lipinski definition) is 7. The Morgan fingerprint density at radius 1 is 1.27 bits per heavy atom. The van der Waals surface area contributed by atoms with Crippen LogP contribution in [0.2, 0.25) is 0 Å². The van der Waals surface area contributed by atoms with Crippen LogP contribution < -0.4 is 19.1 Å². The van der Waals surface area contributed by atoms with Gasteiger partial charge in [-0.3, -0.25) is 19.5 Å². The Kier molecular flexibility index (Phi) is 9.58. The number of amides is 1. The van der Waals surface area contributed by atoms with Gasteiger partial charge < -0.3 is 24.2 Å². The quantitative estimate of drug-likeness (QED) is 0.337. The van der Waals surface area contributed by atoms with Gasteiger partial charge in [-0.25, -0.2) is 0 Å². The number of pyridine rings is 1. The summed E-state index contributed by atoms with van der Waals surface area (Å²) in [6.45, 7) is 11.6. The lowest BCUT2D eigenvalue weighted by Crippen LogP contribution is -2.45. The fourth-order valence-corrected chi connectivity index (χ4v) is 6.31. The van der Waals surface area contributed by atoms with Crippen LogP contribution in [0.1, 0.15) is 65.4 Å². The lowest BCUT2D eigenvalue weighted by molar-refractivity contribution is -0.143. The Morgan fingerprint density at radius 3 is 2.68 bits per heavy atom. The molecule has 4 rings (SSSR count). The Hall–Kier alpha value is -3.59. The maximum Gasteiger partial charge on any atom is 0.308 e. The smallest absolute Gasteiger partial charge is 0.308 e. The van der Waals surface area contributed by atoms with Crippen molar-refractivity contribution in [1.29, 1.82) is 0 Å². The Bertz CT molecular complexity index is 1260. The third-order valence-electron chi connectivity index (χ3n) is 7.89. The standard InChI is InChI=1S/C32H43N3O6/c1-7-8-12-35(23-10-9-11-33-17-23)28(36)19-34-18-24(22-13-26(39-6)30-27(14-22)40-20-41-30)29(31(37)38)25(34)16-32(4,5)15-21(2)3/h9-11,13-15,17,24-25,29H,7-8,12,16,18-20H2,1-6H3,(H,37,38). The summed E-state index contributed by atoms with van der Waals surface area (Å²) in [5, 5.41) is 10.6. The number of carbonyl (C=O) groups is 2. The number of rotatable bonds is 12. The van der Waals surface area contributed by atoms with Crippen molar-refractivity contribution in [1.82, 2.24) is 9.88 Å². The van der Waals surface area contributed by atoms with E-state index in [1.807, 2.05) is 38.1 Å². The summed E-state index contributed by atoms with van der Waals surface area (Å²) in [7, 11) is 1.56. The van der Waals surface area contributed by atoms with Crippen LogP contribution >= 0.6 is 0 Å². The van der Waals surface area contributed by atoms with Crippen LogP contribution in [0.25, 0.3) is 0 Å². The first-order chi connectivity index (χ1) is 19.5. The van der Waals surface area contributed by atoms with Crippen molar-refractivity contribution in [3.8, 4) is 17.2 Å². The molecule has 0 bridgehead atoms. The molecule has 1 aromatic heterocycles. The molecule has 2 aliphatic heterocycles. The molecule has 3 atom stereocenters. The second kappa shape index (κ2) is 12.9. The first-order valence-electron chi connectivity index (χ1n) is 14.4. The first kappa shape index (κ1) is 30.4. The van der Waals surface area contributed by atoms with Gasteiger partial charge in [0.2, 0.25) is 18.4 Å². The highest BCUT2D eigenvalue weighted by Crippen LogP contribution is 2.48. The van der Waals surface area contributed by atoms with Crippen molar-refractivity contribution in [3.05, 3.63) is 53.9 Å². The molecule has 2 aromatic rings. The Morgan fingerprint density at radius 2 is 2.05 bits per heavy atom. The molecule has 0 radical (unpaired) electrons. The van der Waals surface area contributed by atoms with E-state index >= 15 is 0 Å². The van der Waals surface area contributed by atoms with Gasteiger partial charge in [-0.15, -0.1) is 0 Å². The van der Waals surface area contributed by atoms with Gasteiger partial charge in [0.25, 0.3) is 0 Å². The SMILES string of the molecule is CCCCN(C(=O)CN1CC(c2cc(OC)c3c(c2)OCO3)C(C(=O)O)C1CC(C)(C)C=C(C)C)c1cccnc1. The molecule has 9 nitrogen and oxygen atoms in total. The lowest BCUT2D eigenvalue weighted by atomic mass is 9.77. The summed E-state index contributed by atoms with van der Waals surface area (Å²) < 4.78 is 16.8. The van der Waals surface area contributed by atoms with Crippen molar-refractivity contribution >= 4 is 17.6 Å². The van der Waals surface area contributed by atoms with E-state index in [1.54, 1.807) is 24.4 Å². The number of allylic oxidation sites excluding steroid dienone is 2. The third-order valence-corrected chi connectivity index (χ3v) is 7.89. The molecular formula is C32H43N3O6. The monoisotopic (exact) mass is 565 g/mol. The summed E-state index contributed by atoms with van der Waals surface area (Å²) >= 11 is 0. The zero-order valence-electron chi connectivity index (χ0n) is 25.1. The predicted octanol–water partition coefficient (Wildman–Crippen LogP) is 5.50. The van der Waals surface area contributed by atoms with Gasteiger partial charge in [0, 0.05) is 31.2 Å². The molecular weight excluding hydrogens is 522 g/mol. The molecule has 222 valence electrons. The van der Waals surface area contributed by atoms with Crippen molar-refractivity contribution in [3.63, 3.8) is 0 Å². The largest absolute Gasteiger partial charge is 0.493 e. The van der Waals surface area contributed by atoms with Gasteiger partial charge in [0.1, 0.15) is 0 Å². The number of fused-ring (bicyclic) bond motifs is 1. The minimum absolute atomic E-state index is 0.0653. The van der Waals surface area contributed by atoms with Crippen LogP contribution in [-0.4, -0.2) is 66.4 Å². The maximum absolute atomic E-state index is 13.9. The fourth-order valence-electron chi connectivity index (χ4n) is 6.31. The van der Waals surface area contributed by atoms with E-state index in [0.29, 0.717) is 36.8 Å². The number of carboxylic acids is 1. The second-order valence-electron chi connectivity index (χ2n) is 11.9. The number of hydrogen-bond donors (Lipinski definition) is 1. The molecule has 1 amide bonds. The van der Waals surface area contributed by atoms with E-state index < -0.39 is 11.9 Å². The van der Waals surface area contributed by atoms with E-state index in [1.165, 1.54) is 5.57 Å². The van der Waals surface area contributed by atoms with Crippen LogP contribution in [0.3, 0.4) is 0 Å². The van der Waals surface area contributed by atoms with Crippen molar-refractivity contribution < 1.29 is 28.9 Å². The number of aromatic nitrogens is 1. The highest BCUT2D eigenvalue weighted by Gasteiger charge is 2.49. The topological polar surface area (TPSA) is 101 Å². The lowest BCUT2D eigenvalue weighted by Gasteiger charge is -2.34. The molecule has 0 aliphatic carbocycles. The molecule has 41 heavy (non-hydrogen) atoms.